The SMILES string of the molecule is Cc1ccc(C)c([C@H](C)NC(=O)CN(C)CC2(C)COC2)c1. The van der Waals surface area contributed by atoms with Crippen molar-refractivity contribution in [2.24, 2.45) is 5.41 Å². The molecule has 0 unspecified atom stereocenters. The van der Waals surface area contributed by atoms with Crippen molar-refractivity contribution in [1.82, 2.24) is 10.2 Å². The predicted molar refractivity (Wildman–Crippen MR) is 88.9 cm³/mol. The molecule has 1 aromatic rings. The molecule has 0 saturated carbocycles. The molecule has 1 aliphatic heterocycles. The summed E-state index contributed by atoms with van der Waals surface area (Å²) in [5.41, 5.74) is 3.83. The molecule has 4 nitrogen and oxygen atoms in total. The van der Waals surface area contributed by atoms with Gasteiger partial charge in [0.05, 0.1) is 25.8 Å². The molecule has 1 saturated heterocycles. The molecule has 1 N–H and O–H groups in total. The lowest BCUT2D eigenvalue weighted by molar-refractivity contribution is -0.128. The third-order valence-electron chi connectivity index (χ3n) is 4.24. The number of benzene rings is 1. The van der Waals surface area contributed by atoms with E-state index in [4.69, 9.17) is 4.74 Å². The van der Waals surface area contributed by atoms with Crippen LogP contribution in [0.1, 0.15) is 36.6 Å². The number of ether oxygens (including phenoxy) is 1. The van der Waals surface area contributed by atoms with Gasteiger partial charge in [0.1, 0.15) is 0 Å². The quantitative estimate of drug-likeness (QED) is 0.878. The van der Waals surface area contributed by atoms with E-state index in [2.05, 4.69) is 49.2 Å². The maximum Gasteiger partial charge on any atom is 0.234 e. The van der Waals surface area contributed by atoms with Crippen molar-refractivity contribution in [3.8, 4) is 0 Å². The van der Waals surface area contributed by atoms with E-state index >= 15 is 0 Å². The number of amides is 1. The molecule has 2 rings (SSSR count). The van der Waals surface area contributed by atoms with Crippen molar-refractivity contribution in [2.75, 3.05) is 33.4 Å². The number of hydrogen-bond acceptors (Lipinski definition) is 3. The van der Waals surface area contributed by atoms with Crippen LogP contribution in [0.25, 0.3) is 0 Å². The molecule has 122 valence electrons. The first-order valence-corrected chi connectivity index (χ1v) is 7.92. The Hall–Kier alpha value is -1.39. The summed E-state index contributed by atoms with van der Waals surface area (Å²) in [7, 11) is 1.99. The minimum absolute atomic E-state index is 0.0309. The number of carbonyl (C=O) groups excluding carboxylic acids is 1. The van der Waals surface area contributed by atoms with Gasteiger partial charge in [0.15, 0.2) is 0 Å². The van der Waals surface area contributed by atoms with Gasteiger partial charge in [-0.2, -0.15) is 0 Å². The largest absolute Gasteiger partial charge is 0.380 e. The Bertz CT molecular complexity index is 538. The monoisotopic (exact) mass is 304 g/mol. The van der Waals surface area contributed by atoms with Gasteiger partial charge in [0.25, 0.3) is 0 Å². The predicted octanol–water partition coefficient (Wildman–Crippen LogP) is 2.45. The lowest BCUT2D eigenvalue weighted by atomic mass is 9.88. The minimum Gasteiger partial charge on any atom is -0.380 e. The van der Waals surface area contributed by atoms with E-state index in [1.807, 2.05) is 14.0 Å². The van der Waals surface area contributed by atoms with E-state index in [1.54, 1.807) is 0 Å². The lowest BCUT2D eigenvalue weighted by Crippen LogP contribution is -2.49. The molecular weight excluding hydrogens is 276 g/mol. The van der Waals surface area contributed by atoms with Gasteiger partial charge in [-0.15, -0.1) is 0 Å². The Morgan fingerprint density at radius 2 is 2.09 bits per heavy atom. The van der Waals surface area contributed by atoms with Crippen LogP contribution in [-0.4, -0.2) is 44.2 Å². The van der Waals surface area contributed by atoms with Crippen LogP contribution in [0.2, 0.25) is 0 Å². The molecule has 4 heteroatoms. The highest BCUT2D eigenvalue weighted by Crippen LogP contribution is 2.27. The zero-order valence-corrected chi connectivity index (χ0v) is 14.4. The van der Waals surface area contributed by atoms with Crippen LogP contribution < -0.4 is 5.32 Å². The second kappa shape index (κ2) is 6.80. The number of hydrogen-bond donors (Lipinski definition) is 1. The van der Waals surface area contributed by atoms with Gasteiger partial charge in [-0.3, -0.25) is 9.69 Å². The van der Waals surface area contributed by atoms with Gasteiger partial charge in [-0.05, 0) is 38.9 Å². The molecule has 0 aromatic heterocycles. The summed E-state index contributed by atoms with van der Waals surface area (Å²) < 4.78 is 5.26. The average molecular weight is 304 g/mol. The normalized spacial score (nSPS) is 17.9. The molecule has 1 aromatic carbocycles. The maximum atomic E-state index is 12.2. The van der Waals surface area contributed by atoms with Crippen LogP contribution in [0.15, 0.2) is 18.2 Å². The summed E-state index contributed by atoms with van der Waals surface area (Å²) in [6.45, 7) is 11.3. The highest BCUT2D eigenvalue weighted by Gasteiger charge is 2.34. The van der Waals surface area contributed by atoms with Crippen LogP contribution >= 0.6 is 0 Å². The first-order chi connectivity index (χ1) is 10.3. The highest BCUT2D eigenvalue weighted by molar-refractivity contribution is 5.78. The summed E-state index contributed by atoms with van der Waals surface area (Å²) in [5, 5.41) is 3.11. The van der Waals surface area contributed by atoms with Crippen LogP contribution in [-0.2, 0) is 9.53 Å². The van der Waals surface area contributed by atoms with Gasteiger partial charge >= 0.3 is 0 Å². The molecular formula is C18H28N2O2. The van der Waals surface area contributed by atoms with E-state index in [1.165, 1.54) is 16.7 Å². The molecule has 1 heterocycles. The number of aryl methyl sites for hydroxylation is 2. The van der Waals surface area contributed by atoms with Crippen molar-refractivity contribution in [3.05, 3.63) is 34.9 Å². The molecule has 0 spiro atoms. The molecule has 1 amide bonds. The fourth-order valence-corrected chi connectivity index (χ4v) is 3.09. The smallest absolute Gasteiger partial charge is 0.234 e. The zero-order valence-electron chi connectivity index (χ0n) is 14.4. The molecule has 1 aliphatic rings. The Balaban J connectivity index is 1.86. The topological polar surface area (TPSA) is 41.6 Å². The summed E-state index contributed by atoms with van der Waals surface area (Å²) in [6, 6.07) is 6.39. The average Bonchev–Trinajstić information content (AvgIpc) is 2.39. The third kappa shape index (κ3) is 4.31. The number of nitrogens with one attached hydrogen (secondary N) is 1. The van der Waals surface area contributed by atoms with E-state index in [9.17, 15) is 4.79 Å². The Morgan fingerprint density at radius 3 is 2.68 bits per heavy atom. The molecule has 0 bridgehead atoms. The zero-order chi connectivity index (χ0) is 16.3. The second-order valence-electron chi connectivity index (χ2n) is 7.12. The fraction of sp³-hybridized carbons (Fsp3) is 0.611. The Labute approximate surface area is 133 Å². The van der Waals surface area contributed by atoms with E-state index in [0.717, 1.165) is 19.8 Å². The van der Waals surface area contributed by atoms with E-state index in [-0.39, 0.29) is 17.4 Å². The molecule has 1 fully saturated rings. The van der Waals surface area contributed by atoms with Crippen molar-refractivity contribution in [3.63, 3.8) is 0 Å². The highest BCUT2D eigenvalue weighted by atomic mass is 16.5. The van der Waals surface area contributed by atoms with Gasteiger partial charge in [0, 0.05) is 12.0 Å². The van der Waals surface area contributed by atoms with Gasteiger partial charge in [-0.25, -0.2) is 0 Å². The standard InChI is InChI=1S/C18H28N2O2/c1-13-6-7-14(2)16(8-13)15(3)19-17(21)9-20(5)10-18(4)11-22-12-18/h6-8,15H,9-12H2,1-5H3,(H,19,21)/t15-/m0/s1. The Kier molecular flexibility index (Phi) is 5.24. The number of nitrogens with zero attached hydrogens (tertiary/aromatic N) is 1. The third-order valence-corrected chi connectivity index (χ3v) is 4.24. The molecule has 0 radical (unpaired) electrons. The first-order valence-electron chi connectivity index (χ1n) is 7.92. The van der Waals surface area contributed by atoms with Gasteiger partial charge in [0.2, 0.25) is 5.91 Å². The van der Waals surface area contributed by atoms with Crippen LogP contribution in [0.4, 0.5) is 0 Å². The van der Waals surface area contributed by atoms with Crippen LogP contribution in [0, 0.1) is 19.3 Å². The minimum atomic E-state index is 0.0309. The van der Waals surface area contributed by atoms with Gasteiger partial charge in [-0.1, -0.05) is 30.7 Å². The number of likely N-dealkylation sites (N-methyl/N-ethyl adjacent to an activating group) is 1. The molecule has 22 heavy (non-hydrogen) atoms. The summed E-state index contributed by atoms with van der Waals surface area (Å²) in [5.74, 6) is 0.0692. The number of rotatable bonds is 6. The van der Waals surface area contributed by atoms with Crippen molar-refractivity contribution in [1.29, 1.82) is 0 Å². The Morgan fingerprint density at radius 1 is 1.41 bits per heavy atom. The van der Waals surface area contributed by atoms with Crippen molar-refractivity contribution in [2.45, 2.75) is 33.7 Å². The summed E-state index contributed by atoms with van der Waals surface area (Å²) in [4.78, 5) is 14.3. The fourth-order valence-electron chi connectivity index (χ4n) is 3.09. The number of carbonyl (C=O) groups is 1. The molecule has 1 atom stereocenters. The van der Waals surface area contributed by atoms with Crippen LogP contribution in [0.3, 0.4) is 0 Å². The van der Waals surface area contributed by atoms with Crippen LogP contribution in [0.5, 0.6) is 0 Å². The van der Waals surface area contributed by atoms with Crippen molar-refractivity contribution >= 4 is 5.91 Å². The van der Waals surface area contributed by atoms with E-state index < -0.39 is 0 Å². The first kappa shape index (κ1) is 17.0. The maximum absolute atomic E-state index is 12.2. The summed E-state index contributed by atoms with van der Waals surface area (Å²) >= 11 is 0. The van der Waals surface area contributed by atoms with Crippen molar-refractivity contribution < 1.29 is 9.53 Å². The van der Waals surface area contributed by atoms with Gasteiger partial charge < -0.3 is 10.1 Å². The lowest BCUT2D eigenvalue weighted by Gasteiger charge is -2.40. The van der Waals surface area contributed by atoms with E-state index in [0.29, 0.717) is 6.54 Å². The second-order valence-corrected chi connectivity index (χ2v) is 7.12. The molecule has 0 aliphatic carbocycles. The summed E-state index contributed by atoms with van der Waals surface area (Å²) in [6.07, 6.45) is 0.